The standard InChI is InChI=1S/C15H18FNO3S/c1-11(7-9-21(2)20)17-15(19)13-6-5-12(4-3-8-18)14(16)10-13/h5-6,10-11,18H,7-9H2,1-2H3,(H,17,19). The number of amides is 1. The molecule has 2 atom stereocenters. The molecule has 21 heavy (non-hydrogen) atoms. The third kappa shape index (κ3) is 6.06. The molecule has 0 spiro atoms. The van der Waals surface area contributed by atoms with Gasteiger partial charge in [-0.1, -0.05) is 11.8 Å². The molecule has 2 N–H and O–H groups in total. The van der Waals surface area contributed by atoms with Gasteiger partial charge in [0.05, 0.1) is 5.56 Å². The van der Waals surface area contributed by atoms with Gasteiger partial charge in [-0.2, -0.15) is 0 Å². The summed E-state index contributed by atoms with van der Waals surface area (Å²) in [4.78, 5) is 11.9. The van der Waals surface area contributed by atoms with Gasteiger partial charge < -0.3 is 10.4 Å². The minimum absolute atomic E-state index is 0.134. The van der Waals surface area contributed by atoms with Crippen LogP contribution < -0.4 is 5.32 Å². The molecule has 0 aliphatic heterocycles. The molecule has 0 heterocycles. The predicted molar refractivity (Wildman–Crippen MR) is 80.8 cm³/mol. The lowest BCUT2D eigenvalue weighted by atomic mass is 10.1. The number of halogens is 1. The zero-order valence-electron chi connectivity index (χ0n) is 12.0. The largest absolute Gasteiger partial charge is 0.384 e. The van der Waals surface area contributed by atoms with Crippen molar-refractivity contribution < 1.29 is 18.5 Å². The number of nitrogens with one attached hydrogen (secondary N) is 1. The summed E-state index contributed by atoms with van der Waals surface area (Å²) in [6, 6.07) is 3.85. The van der Waals surface area contributed by atoms with Gasteiger partial charge in [-0.25, -0.2) is 4.39 Å². The summed E-state index contributed by atoms with van der Waals surface area (Å²) in [7, 11) is -0.903. The van der Waals surface area contributed by atoms with Crippen LogP contribution in [-0.2, 0) is 10.8 Å². The van der Waals surface area contributed by atoms with E-state index in [0.717, 1.165) is 6.07 Å². The number of carbonyl (C=O) groups is 1. The van der Waals surface area contributed by atoms with E-state index < -0.39 is 16.6 Å². The molecule has 1 rings (SSSR count). The third-order valence-electron chi connectivity index (χ3n) is 2.75. The van der Waals surface area contributed by atoms with E-state index in [0.29, 0.717) is 12.2 Å². The second kappa shape index (κ2) is 8.55. The Morgan fingerprint density at radius 3 is 2.81 bits per heavy atom. The summed E-state index contributed by atoms with van der Waals surface area (Å²) in [5.74, 6) is 4.33. The van der Waals surface area contributed by atoms with Crippen molar-refractivity contribution in [2.75, 3.05) is 18.6 Å². The van der Waals surface area contributed by atoms with Crippen molar-refractivity contribution >= 4 is 16.7 Å². The first-order valence-electron chi connectivity index (χ1n) is 6.44. The molecule has 2 unspecified atom stereocenters. The fourth-order valence-corrected chi connectivity index (χ4v) is 2.30. The number of hydrogen-bond donors (Lipinski definition) is 2. The van der Waals surface area contributed by atoms with Crippen molar-refractivity contribution in [2.24, 2.45) is 0 Å². The first-order chi connectivity index (χ1) is 9.93. The van der Waals surface area contributed by atoms with Crippen molar-refractivity contribution in [1.82, 2.24) is 5.32 Å². The Morgan fingerprint density at radius 2 is 2.24 bits per heavy atom. The second-order valence-corrected chi connectivity index (χ2v) is 6.15. The van der Waals surface area contributed by atoms with E-state index in [-0.39, 0.29) is 29.7 Å². The van der Waals surface area contributed by atoms with Crippen LogP contribution in [0.2, 0.25) is 0 Å². The lowest BCUT2D eigenvalue weighted by Gasteiger charge is -2.13. The van der Waals surface area contributed by atoms with Gasteiger partial charge in [-0.15, -0.1) is 0 Å². The first-order valence-corrected chi connectivity index (χ1v) is 8.17. The first kappa shape index (κ1) is 17.3. The maximum atomic E-state index is 13.7. The molecule has 6 heteroatoms. The average molecular weight is 311 g/mol. The van der Waals surface area contributed by atoms with Gasteiger partial charge in [0.2, 0.25) is 0 Å². The molecule has 114 valence electrons. The normalized spacial score (nSPS) is 13.0. The average Bonchev–Trinajstić information content (AvgIpc) is 2.43. The highest BCUT2D eigenvalue weighted by Crippen LogP contribution is 2.10. The molecule has 0 fully saturated rings. The van der Waals surface area contributed by atoms with Crippen molar-refractivity contribution in [1.29, 1.82) is 0 Å². The Bertz CT molecular complexity index is 592. The van der Waals surface area contributed by atoms with E-state index in [1.54, 1.807) is 6.26 Å². The summed E-state index contributed by atoms with van der Waals surface area (Å²) in [6.07, 6.45) is 2.20. The molecule has 0 aromatic heterocycles. The summed E-state index contributed by atoms with van der Waals surface area (Å²) < 4.78 is 24.7. The third-order valence-corrected chi connectivity index (χ3v) is 3.56. The topological polar surface area (TPSA) is 66.4 Å². The Hall–Kier alpha value is -1.71. The van der Waals surface area contributed by atoms with Crippen LogP contribution in [-0.4, -0.2) is 39.9 Å². The Labute approximate surface area is 126 Å². The molecule has 4 nitrogen and oxygen atoms in total. The SMILES string of the molecule is CC(CCS(C)=O)NC(=O)c1ccc(C#CCO)c(F)c1. The van der Waals surface area contributed by atoms with Gasteiger partial charge >= 0.3 is 0 Å². The lowest BCUT2D eigenvalue weighted by Crippen LogP contribution is -2.33. The van der Waals surface area contributed by atoms with Crippen LogP contribution in [0.4, 0.5) is 4.39 Å². The maximum absolute atomic E-state index is 13.7. The second-order valence-electron chi connectivity index (χ2n) is 4.60. The van der Waals surface area contributed by atoms with Crippen LogP contribution in [0.1, 0.15) is 29.3 Å². The zero-order valence-corrected chi connectivity index (χ0v) is 12.8. The van der Waals surface area contributed by atoms with Crippen LogP contribution in [0.25, 0.3) is 0 Å². The van der Waals surface area contributed by atoms with Gasteiger partial charge in [-0.05, 0) is 31.5 Å². The molecule has 0 bridgehead atoms. The van der Waals surface area contributed by atoms with Crippen molar-refractivity contribution in [3.05, 3.63) is 35.1 Å². The van der Waals surface area contributed by atoms with Crippen molar-refractivity contribution in [2.45, 2.75) is 19.4 Å². The van der Waals surface area contributed by atoms with Crippen molar-refractivity contribution in [3.8, 4) is 11.8 Å². The highest BCUT2D eigenvalue weighted by atomic mass is 32.2. The summed E-state index contributed by atoms with van der Waals surface area (Å²) in [5.41, 5.74) is 0.335. The molecule has 0 radical (unpaired) electrons. The number of carbonyl (C=O) groups excluding carboxylic acids is 1. The number of rotatable bonds is 5. The van der Waals surface area contributed by atoms with Gasteiger partial charge in [0, 0.05) is 34.4 Å². The maximum Gasteiger partial charge on any atom is 0.251 e. The fourth-order valence-electron chi connectivity index (χ4n) is 1.61. The fraction of sp³-hybridized carbons (Fsp3) is 0.400. The van der Waals surface area contributed by atoms with Crippen LogP contribution in [0, 0.1) is 17.7 Å². The quantitative estimate of drug-likeness (QED) is 0.799. The van der Waals surface area contributed by atoms with Gasteiger partial charge in [0.25, 0.3) is 5.91 Å². The molecule has 1 aromatic carbocycles. The molecule has 0 aliphatic carbocycles. The molecule has 0 saturated heterocycles. The Balaban J connectivity index is 2.70. The molecule has 0 aliphatic rings. The Morgan fingerprint density at radius 1 is 1.52 bits per heavy atom. The highest BCUT2D eigenvalue weighted by molar-refractivity contribution is 7.84. The van der Waals surface area contributed by atoms with Crippen LogP contribution in [0.5, 0.6) is 0 Å². The summed E-state index contributed by atoms with van der Waals surface area (Å²) in [5, 5.41) is 11.3. The van der Waals surface area contributed by atoms with E-state index in [1.807, 2.05) is 6.92 Å². The van der Waals surface area contributed by atoms with Crippen LogP contribution in [0.3, 0.4) is 0 Å². The monoisotopic (exact) mass is 311 g/mol. The molecule has 1 amide bonds. The predicted octanol–water partition coefficient (Wildman–Crippen LogP) is 1.06. The van der Waals surface area contributed by atoms with E-state index >= 15 is 0 Å². The smallest absolute Gasteiger partial charge is 0.251 e. The molecule has 0 saturated carbocycles. The molecular weight excluding hydrogens is 293 g/mol. The van der Waals surface area contributed by atoms with Crippen molar-refractivity contribution in [3.63, 3.8) is 0 Å². The minimum Gasteiger partial charge on any atom is -0.384 e. The summed E-state index contributed by atoms with van der Waals surface area (Å²) in [6.45, 7) is 1.46. The number of benzene rings is 1. The van der Waals surface area contributed by atoms with Gasteiger partial charge in [-0.3, -0.25) is 9.00 Å². The minimum atomic E-state index is -0.903. The van der Waals surface area contributed by atoms with E-state index in [2.05, 4.69) is 17.2 Å². The molecule has 1 aromatic rings. The zero-order chi connectivity index (χ0) is 15.8. The van der Waals surface area contributed by atoms with Crippen LogP contribution >= 0.6 is 0 Å². The van der Waals surface area contributed by atoms with E-state index in [1.165, 1.54) is 12.1 Å². The van der Waals surface area contributed by atoms with E-state index in [9.17, 15) is 13.4 Å². The highest BCUT2D eigenvalue weighted by Gasteiger charge is 2.12. The van der Waals surface area contributed by atoms with Crippen LogP contribution in [0.15, 0.2) is 18.2 Å². The number of aliphatic hydroxyl groups is 1. The Kier molecular flexibility index (Phi) is 7.06. The summed E-state index contributed by atoms with van der Waals surface area (Å²) >= 11 is 0. The number of aliphatic hydroxyl groups excluding tert-OH is 1. The van der Waals surface area contributed by atoms with Gasteiger partial charge in [0.15, 0.2) is 0 Å². The lowest BCUT2D eigenvalue weighted by molar-refractivity contribution is 0.0939. The van der Waals surface area contributed by atoms with Gasteiger partial charge in [0.1, 0.15) is 12.4 Å². The van der Waals surface area contributed by atoms with E-state index in [4.69, 9.17) is 5.11 Å². The number of hydrogen-bond acceptors (Lipinski definition) is 3. The molecular formula is C15H18FNO3S.